The average Bonchev–Trinajstić information content (AvgIpc) is 3.25. The molecule has 0 bridgehead atoms. The lowest BCUT2D eigenvalue weighted by molar-refractivity contribution is -0.170. The Morgan fingerprint density at radius 2 is 1.59 bits per heavy atom. The number of likely N-dealkylation sites (tertiary alicyclic amines) is 1. The summed E-state index contributed by atoms with van der Waals surface area (Å²) >= 11 is 0. The predicted molar refractivity (Wildman–Crippen MR) is 167 cm³/mol. The van der Waals surface area contributed by atoms with Crippen LogP contribution in [0, 0.1) is 0 Å². The Balaban J connectivity index is 0.000000376. The lowest BCUT2D eigenvalue weighted by Crippen LogP contribution is -2.42. The minimum atomic E-state index is -2.74. The standard InChI is InChI=1S/C24H36FN7O.C6H8O7/c1-31-14-12-20(13-15-31)32(2)24-29-22(26-18-8-5-3-4-6-9-18)28-23(30-24)27-19-10-7-11-21(16-19)33-17-25;7-3(8)1-6(13,5(11)12)2-4(9)10/h7,10-11,16,18,20H,3-6,8-9,12-15,17H2,1-2H3,(H2,26,27,28,29,30);13H,1-2H2,(H,7,8)(H,9,10)(H,11,12). The van der Waals surface area contributed by atoms with Crippen molar-refractivity contribution in [3.63, 3.8) is 0 Å². The molecule has 0 radical (unpaired) electrons. The van der Waals surface area contributed by atoms with Crippen molar-refractivity contribution in [2.45, 2.75) is 81.9 Å². The zero-order valence-corrected chi connectivity index (χ0v) is 26.2. The third-order valence-corrected chi connectivity index (χ3v) is 7.96. The van der Waals surface area contributed by atoms with Crippen molar-refractivity contribution in [1.82, 2.24) is 19.9 Å². The Hall–Kier alpha value is -4.31. The van der Waals surface area contributed by atoms with E-state index in [1.54, 1.807) is 12.1 Å². The highest BCUT2D eigenvalue weighted by Crippen LogP contribution is 2.26. The van der Waals surface area contributed by atoms with Crippen LogP contribution in [0.15, 0.2) is 24.3 Å². The highest BCUT2D eigenvalue weighted by Gasteiger charge is 2.40. The number of nitrogens with one attached hydrogen (secondary N) is 2. The molecule has 2 heterocycles. The van der Waals surface area contributed by atoms with Crippen molar-refractivity contribution < 1.29 is 43.9 Å². The molecule has 1 saturated heterocycles. The second-order valence-corrected chi connectivity index (χ2v) is 11.6. The third kappa shape index (κ3) is 11.6. The van der Waals surface area contributed by atoms with Gasteiger partial charge in [-0.2, -0.15) is 15.0 Å². The number of nitrogens with zero attached hydrogens (tertiary/aromatic N) is 5. The minimum Gasteiger partial charge on any atom is -0.481 e. The molecule has 1 aromatic carbocycles. The molecule has 4 rings (SSSR count). The molecule has 0 amide bonds. The molecule has 15 nitrogen and oxygen atoms in total. The summed E-state index contributed by atoms with van der Waals surface area (Å²) in [6, 6.07) is 7.92. The topological polar surface area (TPSA) is 211 Å². The number of hydrogen-bond acceptors (Lipinski definition) is 12. The second kappa shape index (κ2) is 17.4. The first kappa shape index (κ1) is 36.2. The second-order valence-electron chi connectivity index (χ2n) is 11.6. The van der Waals surface area contributed by atoms with Gasteiger partial charge in [0.25, 0.3) is 0 Å². The van der Waals surface area contributed by atoms with Crippen molar-refractivity contribution in [1.29, 1.82) is 0 Å². The quantitative estimate of drug-likeness (QED) is 0.172. The fourth-order valence-electron chi connectivity index (χ4n) is 5.36. The van der Waals surface area contributed by atoms with E-state index in [-0.39, 0.29) is 0 Å². The van der Waals surface area contributed by atoms with E-state index in [0.29, 0.717) is 35.7 Å². The molecule has 6 N–H and O–H groups in total. The number of carboxylic acids is 3. The van der Waals surface area contributed by atoms with Crippen molar-refractivity contribution >= 4 is 41.4 Å². The third-order valence-electron chi connectivity index (χ3n) is 7.96. The summed E-state index contributed by atoms with van der Waals surface area (Å²) in [4.78, 5) is 49.2. The highest BCUT2D eigenvalue weighted by molar-refractivity contribution is 5.88. The van der Waals surface area contributed by atoms with Crippen molar-refractivity contribution in [3.05, 3.63) is 24.3 Å². The SMILES string of the molecule is CN1CCC(N(C)c2nc(Nc3cccc(OCF)c3)nc(NC3CCCCCC3)n2)CC1.O=C(O)CC(O)(CC(=O)O)C(=O)O. The Labute approximate surface area is 266 Å². The maximum Gasteiger partial charge on any atom is 0.336 e. The number of benzene rings is 1. The van der Waals surface area contributed by atoms with Gasteiger partial charge in [0.1, 0.15) is 5.75 Å². The lowest BCUT2D eigenvalue weighted by atomic mass is 9.96. The van der Waals surface area contributed by atoms with Gasteiger partial charge in [-0.25, -0.2) is 9.18 Å². The molecule has 254 valence electrons. The zero-order valence-electron chi connectivity index (χ0n) is 26.2. The maximum atomic E-state index is 12.6. The van der Waals surface area contributed by atoms with E-state index < -0.39 is 43.2 Å². The van der Waals surface area contributed by atoms with Gasteiger partial charge in [0.2, 0.25) is 24.7 Å². The number of alkyl halides is 1. The van der Waals surface area contributed by atoms with Gasteiger partial charge in [-0.15, -0.1) is 0 Å². The largest absolute Gasteiger partial charge is 0.481 e. The molecule has 1 aliphatic carbocycles. The number of aliphatic carboxylic acids is 3. The van der Waals surface area contributed by atoms with Gasteiger partial charge in [0.05, 0.1) is 12.8 Å². The number of ether oxygens (including phenoxy) is 1. The number of hydrogen-bond donors (Lipinski definition) is 6. The predicted octanol–water partition coefficient (Wildman–Crippen LogP) is 3.34. The fourth-order valence-corrected chi connectivity index (χ4v) is 5.36. The van der Waals surface area contributed by atoms with Crippen molar-refractivity contribution in [3.8, 4) is 5.75 Å². The van der Waals surface area contributed by atoms with E-state index in [4.69, 9.17) is 35.1 Å². The number of carbonyl (C=O) groups is 3. The summed E-state index contributed by atoms with van der Waals surface area (Å²) < 4.78 is 17.6. The number of piperidine rings is 1. The number of carboxylic acid groups (broad SMARTS) is 3. The molecule has 0 unspecified atom stereocenters. The molecule has 2 aromatic rings. The van der Waals surface area contributed by atoms with Crippen LogP contribution in [0.5, 0.6) is 5.75 Å². The number of aliphatic hydroxyl groups is 1. The number of anilines is 4. The normalized spacial score (nSPS) is 16.3. The molecule has 2 aliphatic rings. The fraction of sp³-hybridized carbons (Fsp3) is 0.600. The van der Waals surface area contributed by atoms with Gasteiger partial charge in [-0.05, 0) is 58.0 Å². The summed E-state index contributed by atoms with van der Waals surface area (Å²) in [5.41, 5.74) is -2.00. The average molecular weight is 650 g/mol. The molecular formula is C30H44FN7O8. The van der Waals surface area contributed by atoms with Crippen LogP contribution in [0.2, 0.25) is 0 Å². The monoisotopic (exact) mass is 649 g/mol. The molecule has 1 saturated carbocycles. The van der Waals surface area contributed by atoms with E-state index in [1.165, 1.54) is 25.7 Å². The molecule has 46 heavy (non-hydrogen) atoms. The van der Waals surface area contributed by atoms with Gasteiger partial charge in [-0.3, -0.25) is 9.59 Å². The van der Waals surface area contributed by atoms with Crippen LogP contribution >= 0.6 is 0 Å². The molecule has 1 aromatic heterocycles. The Kier molecular flexibility index (Phi) is 13.7. The molecule has 0 atom stereocenters. The van der Waals surface area contributed by atoms with Crippen LogP contribution in [0.3, 0.4) is 0 Å². The van der Waals surface area contributed by atoms with Crippen LogP contribution in [0.25, 0.3) is 0 Å². The number of halogens is 1. The molecular weight excluding hydrogens is 605 g/mol. The summed E-state index contributed by atoms with van der Waals surface area (Å²) in [6.45, 7) is 1.27. The Bertz CT molecular complexity index is 1290. The first-order valence-corrected chi connectivity index (χ1v) is 15.3. The van der Waals surface area contributed by atoms with Gasteiger partial charge < -0.3 is 45.6 Å². The minimum absolute atomic E-state index is 0.380. The number of aromatic nitrogens is 3. The van der Waals surface area contributed by atoms with Crippen LogP contribution in [0.4, 0.5) is 27.9 Å². The molecule has 16 heteroatoms. The van der Waals surface area contributed by atoms with E-state index >= 15 is 0 Å². The molecule has 0 spiro atoms. The van der Waals surface area contributed by atoms with E-state index in [0.717, 1.165) is 44.5 Å². The highest BCUT2D eigenvalue weighted by atomic mass is 19.1. The number of rotatable bonds is 13. The van der Waals surface area contributed by atoms with E-state index in [2.05, 4.69) is 39.5 Å². The first-order valence-electron chi connectivity index (χ1n) is 15.3. The summed E-state index contributed by atoms with van der Waals surface area (Å²) in [7, 11) is 4.23. The van der Waals surface area contributed by atoms with Gasteiger partial charge >= 0.3 is 17.9 Å². The first-order chi connectivity index (χ1) is 21.9. The lowest BCUT2D eigenvalue weighted by Gasteiger charge is -2.35. The smallest absolute Gasteiger partial charge is 0.336 e. The van der Waals surface area contributed by atoms with Crippen LogP contribution in [-0.4, -0.2) is 110 Å². The van der Waals surface area contributed by atoms with Gasteiger partial charge in [-0.1, -0.05) is 31.7 Å². The zero-order chi connectivity index (χ0) is 33.7. The Morgan fingerprint density at radius 3 is 2.15 bits per heavy atom. The van der Waals surface area contributed by atoms with E-state index in [1.807, 2.05) is 12.1 Å². The van der Waals surface area contributed by atoms with Gasteiger partial charge in [0, 0.05) is 30.9 Å². The van der Waals surface area contributed by atoms with Crippen LogP contribution < -0.4 is 20.3 Å². The van der Waals surface area contributed by atoms with E-state index in [9.17, 15) is 18.8 Å². The van der Waals surface area contributed by atoms with Crippen LogP contribution in [-0.2, 0) is 14.4 Å². The molecule has 2 fully saturated rings. The Morgan fingerprint density at radius 1 is 0.978 bits per heavy atom. The van der Waals surface area contributed by atoms with Crippen LogP contribution in [0.1, 0.15) is 64.2 Å². The van der Waals surface area contributed by atoms with Crippen molar-refractivity contribution in [2.24, 2.45) is 0 Å². The molecule has 1 aliphatic heterocycles. The summed E-state index contributed by atoms with van der Waals surface area (Å²) in [5, 5.41) is 40.6. The summed E-state index contributed by atoms with van der Waals surface area (Å²) in [5.74, 6) is -2.83. The van der Waals surface area contributed by atoms with Gasteiger partial charge in [0.15, 0.2) is 5.60 Å². The maximum absolute atomic E-state index is 12.6. The van der Waals surface area contributed by atoms with Crippen molar-refractivity contribution in [2.75, 3.05) is 49.6 Å². The summed E-state index contributed by atoms with van der Waals surface area (Å²) in [6.07, 6.45) is 7.20.